The molecule has 0 amide bonds. The van der Waals surface area contributed by atoms with Crippen LogP contribution >= 0.6 is 11.6 Å². The lowest BCUT2D eigenvalue weighted by Crippen LogP contribution is -2.13. The van der Waals surface area contributed by atoms with Crippen molar-refractivity contribution in [2.75, 3.05) is 0 Å². The summed E-state index contributed by atoms with van der Waals surface area (Å²) in [7, 11) is 0. The van der Waals surface area contributed by atoms with Crippen molar-refractivity contribution >= 4 is 11.6 Å². The van der Waals surface area contributed by atoms with Gasteiger partial charge in [-0.2, -0.15) is 0 Å². The molecule has 2 N–H and O–H groups in total. The Morgan fingerprint density at radius 1 is 1.46 bits per heavy atom. The molecule has 1 aromatic carbocycles. The van der Waals surface area contributed by atoms with Gasteiger partial charge in [0.2, 0.25) is 0 Å². The molecule has 13 heavy (non-hydrogen) atoms. The summed E-state index contributed by atoms with van der Waals surface area (Å²) < 4.78 is 0. The van der Waals surface area contributed by atoms with Crippen LogP contribution in [0, 0.1) is 12.8 Å². The van der Waals surface area contributed by atoms with Gasteiger partial charge < -0.3 is 5.73 Å². The topological polar surface area (TPSA) is 26.0 Å². The van der Waals surface area contributed by atoms with Gasteiger partial charge in [0.25, 0.3) is 0 Å². The first-order chi connectivity index (χ1) is 6.18. The van der Waals surface area contributed by atoms with Crippen LogP contribution in [0.4, 0.5) is 0 Å². The zero-order valence-corrected chi connectivity index (χ0v) is 8.51. The highest BCUT2D eigenvalue weighted by molar-refractivity contribution is 6.30. The van der Waals surface area contributed by atoms with Crippen LogP contribution in [-0.4, -0.2) is 0 Å². The molecule has 1 aliphatic carbocycles. The minimum absolute atomic E-state index is 0.193. The summed E-state index contributed by atoms with van der Waals surface area (Å²) in [5, 5.41) is 0.789. The highest BCUT2D eigenvalue weighted by atomic mass is 35.5. The van der Waals surface area contributed by atoms with E-state index in [9.17, 15) is 0 Å². The first-order valence-electron chi connectivity index (χ1n) is 4.70. The van der Waals surface area contributed by atoms with Crippen LogP contribution in [0.1, 0.15) is 30.0 Å². The Balaban J connectivity index is 2.31. The smallest absolute Gasteiger partial charge is 0.0409 e. The van der Waals surface area contributed by atoms with Gasteiger partial charge in [-0.3, -0.25) is 0 Å². The highest BCUT2D eigenvalue weighted by Crippen LogP contribution is 2.40. The minimum Gasteiger partial charge on any atom is -0.324 e. The lowest BCUT2D eigenvalue weighted by molar-refractivity contribution is 0.630. The van der Waals surface area contributed by atoms with Crippen molar-refractivity contribution < 1.29 is 0 Å². The van der Waals surface area contributed by atoms with Gasteiger partial charge in [0.05, 0.1) is 0 Å². The quantitative estimate of drug-likeness (QED) is 0.772. The van der Waals surface area contributed by atoms with Gasteiger partial charge in [0, 0.05) is 11.1 Å². The summed E-state index contributed by atoms with van der Waals surface area (Å²) >= 11 is 5.93. The zero-order chi connectivity index (χ0) is 9.42. The maximum atomic E-state index is 6.11. The molecular weight excluding hydrogens is 182 g/mol. The standard InChI is InChI=1S/C11H14ClN/c1-7-2-5-9(12)6-10(7)11(13)8-3-4-8/h2,5-6,8,11H,3-4,13H2,1H3. The van der Waals surface area contributed by atoms with E-state index >= 15 is 0 Å². The molecule has 2 heteroatoms. The number of hydrogen-bond donors (Lipinski definition) is 1. The van der Waals surface area contributed by atoms with Crippen LogP contribution in [0.15, 0.2) is 18.2 Å². The van der Waals surface area contributed by atoms with Crippen molar-refractivity contribution in [1.29, 1.82) is 0 Å². The van der Waals surface area contributed by atoms with E-state index in [4.69, 9.17) is 17.3 Å². The monoisotopic (exact) mass is 195 g/mol. The molecule has 0 saturated heterocycles. The maximum Gasteiger partial charge on any atom is 0.0409 e. The molecule has 1 atom stereocenters. The SMILES string of the molecule is Cc1ccc(Cl)cc1C(N)C1CC1. The molecule has 1 saturated carbocycles. The van der Waals surface area contributed by atoms with E-state index in [0.717, 1.165) is 5.02 Å². The van der Waals surface area contributed by atoms with E-state index in [1.165, 1.54) is 24.0 Å². The summed E-state index contributed by atoms with van der Waals surface area (Å²) in [4.78, 5) is 0. The molecule has 0 bridgehead atoms. The zero-order valence-electron chi connectivity index (χ0n) is 7.76. The van der Waals surface area contributed by atoms with Gasteiger partial charge >= 0.3 is 0 Å². The number of aryl methyl sites for hydroxylation is 1. The molecule has 0 radical (unpaired) electrons. The van der Waals surface area contributed by atoms with E-state index < -0.39 is 0 Å². The Hall–Kier alpha value is -0.530. The first kappa shape index (κ1) is 9.04. The van der Waals surface area contributed by atoms with Crippen molar-refractivity contribution in [3.63, 3.8) is 0 Å². The van der Waals surface area contributed by atoms with Crippen LogP contribution in [0.3, 0.4) is 0 Å². The fourth-order valence-electron chi connectivity index (χ4n) is 1.68. The number of nitrogens with two attached hydrogens (primary N) is 1. The second-order valence-corrected chi connectivity index (χ2v) is 4.30. The van der Waals surface area contributed by atoms with Crippen LogP contribution in [0.25, 0.3) is 0 Å². The molecule has 0 spiro atoms. The van der Waals surface area contributed by atoms with Crippen LogP contribution in [0.2, 0.25) is 5.02 Å². The summed E-state index contributed by atoms with van der Waals surface area (Å²) in [6, 6.07) is 6.15. The molecule has 0 aliphatic heterocycles. The average molecular weight is 196 g/mol. The lowest BCUT2D eigenvalue weighted by Gasteiger charge is -2.13. The number of rotatable bonds is 2. The number of benzene rings is 1. The van der Waals surface area contributed by atoms with Crippen LogP contribution in [0.5, 0.6) is 0 Å². The minimum atomic E-state index is 0.193. The Morgan fingerprint density at radius 2 is 2.15 bits per heavy atom. The first-order valence-corrected chi connectivity index (χ1v) is 5.08. The molecule has 1 nitrogen and oxygen atoms in total. The Labute approximate surface area is 83.9 Å². The molecule has 1 aliphatic rings. The van der Waals surface area contributed by atoms with E-state index in [2.05, 4.69) is 6.92 Å². The predicted octanol–water partition coefficient (Wildman–Crippen LogP) is 3.06. The predicted molar refractivity (Wildman–Crippen MR) is 55.8 cm³/mol. The fraction of sp³-hybridized carbons (Fsp3) is 0.455. The summed E-state index contributed by atoms with van der Waals surface area (Å²) in [5.74, 6) is 0.692. The third kappa shape index (κ3) is 1.87. The Bertz CT molecular complexity index is 318. The van der Waals surface area contributed by atoms with E-state index in [1.807, 2.05) is 18.2 Å². The van der Waals surface area contributed by atoms with Crippen molar-refractivity contribution in [1.82, 2.24) is 0 Å². The van der Waals surface area contributed by atoms with Crippen molar-refractivity contribution in [2.24, 2.45) is 11.7 Å². The van der Waals surface area contributed by atoms with E-state index in [0.29, 0.717) is 5.92 Å². The van der Waals surface area contributed by atoms with Crippen molar-refractivity contribution in [3.8, 4) is 0 Å². The molecule has 0 heterocycles. The number of halogens is 1. The Morgan fingerprint density at radius 3 is 2.77 bits per heavy atom. The van der Waals surface area contributed by atoms with Crippen LogP contribution < -0.4 is 5.73 Å². The van der Waals surface area contributed by atoms with Gasteiger partial charge in [0.15, 0.2) is 0 Å². The fourth-order valence-corrected chi connectivity index (χ4v) is 1.86. The van der Waals surface area contributed by atoms with Crippen molar-refractivity contribution in [3.05, 3.63) is 34.3 Å². The van der Waals surface area contributed by atoms with Gasteiger partial charge in [-0.05, 0) is 48.9 Å². The molecule has 1 unspecified atom stereocenters. The third-order valence-electron chi connectivity index (χ3n) is 2.73. The molecule has 1 aromatic rings. The molecule has 70 valence electrons. The molecular formula is C11H14ClN. The highest BCUT2D eigenvalue weighted by Gasteiger charge is 2.30. The van der Waals surface area contributed by atoms with Crippen molar-refractivity contribution in [2.45, 2.75) is 25.8 Å². The lowest BCUT2D eigenvalue weighted by atomic mass is 9.99. The molecule has 1 fully saturated rings. The summed E-state index contributed by atoms with van der Waals surface area (Å²) in [6.07, 6.45) is 2.54. The molecule has 2 rings (SSSR count). The third-order valence-corrected chi connectivity index (χ3v) is 2.97. The maximum absolute atomic E-state index is 6.11. The second kappa shape index (κ2) is 3.32. The largest absolute Gasteiger partial charge is 0.324 e. The van der Waals surface area contributed by atoms with Gasteiger partial charge in [-0.15, -0.1) is 0 Å². The van der Waals surface area contributed by atoms with E-state index in [-0.39, 0.29) is 6.04 Å². The Kier molecular flexibility index (Phi) is 2.31. The van der Waals surface area contributed by atoms with Crippen LogP contribution in [-0.2, 0) is 0 Å². The van der Waals surface area contributed by atoms with E-state index in [1.54, 1.807) is 0 Å². The number of hydrogen-bond acceptors (Lipinski definition) is 1. The van der Waals surface area contributed by atoms with Gasteiger partial charge in [-0.25, -0.2) is 0 Å². The second-order valence-electron chi connectivity index (χ2n) is 3.86. The average Bonchev–Trinajstić information content (AvgIpc) is 2.91. The normalized spacial score (nSPS) is 18.7. The summed E-state index contributed by atoms with van der Waals surface area (Å²) in [6.45, 7) is 2.09. The summed E-state index contributed by atoms with van der Waals surface area (Å²) in [5.41, 5.74) is 8.58. The van der Waals surface area contributed by atoms with Gasteiger partial charge in [-0.1, -0.05) is 17.7 Å². The molecule has 0 aromatic heterocycles. The van der Waals surface area contributed by atoms with Gasteiger partial charge in [0.1, 0.15) is 0 Å².